The molecule has 2 atom stereocenters. The summed E-state index contributed by atoms with van der Waals surface area (Å²) in [5, 5.41) is 8.92. The van der Waals surface area contributed by atoms with Gasteiger partial charge < -0.3 is 9.84 Å². The number of benzene rings is 1. The van der Waals surface area contributed by atoms with E-state index < -0.39 is 12.1 Å². The lowest BCUT2D eigenvalue weighted by molar-refractivity contribution is -0.146. The second kappa shape index (κ2) is 6.87. The van der Waals surface area contributed by atoms with Gasteiger partial charge in [-0.25, -0.2) is 14.2 Å². The third kappa shape index (κ3) is 4.05. The number of hydrogen-bond acceptors (Lipinski definition) is 3. The Labute approximate surface area is 111 Å². The van der Waals surface area contributed by atoms with Crippen LogP contribution in [0.4, 0.5) is 4.39 Å². The summed E-state index contributed by atoms with van der Waals surface area (Å²) in [6, 6.07) is 5.62. The zero-order valence-corrected chi connectivity index (χ0v) is 11.3. The fourth-order valence-electron chi connectivity index (χ4n) is 1.81. The van der Waals surface area contributed by atoms with Gasteiger partial charge in [0.15, 0.2) is 12.0 Å². The lowest BCUT2D eigenvalue weighted by atomic mass is 10.00. The zero-order chi connectivity index (χ0) is 14.4. The second-order valence-electron chi connectivity index (χ2n) is 3.90. The van der Waals surface area contributed by atoms with Crippen molar-refractivity contribution in [1.82, 2.24) is 0 Å². The zero-order valence-electron chi connectivity index (χ0n) is 11.3. The monoisotopic (exact) mass is 267 g/mol. The maximum atomic E-state index is 12.8. The van der Waals surface area contributed by atoms with Crippen molar-refractivity contribution in [1.29, 1.82) is 0 Å². The summed E-state index contributed by atoms with van der Waals surface area (Å²) in [5.41, 5.74) is 0.792. The molecule has 2 rings (SSSR count). The van der Waals surface area contributed by atoms with Crippen LogP contribution in [0.1, 0.15) is 38.8 Å². The molecular weight excluding hydrogens is 249 g/mol. The van der Waals surface area contributed by atoms with Gasteiger partial charge in [0.25, 0.3) is 0 Å². The van der Waals surface area contributed by atoms with Crippen LogP contribution >= 0.6 is 0 Å². The number of ether oxygens (including phenoxy) is 1. The van der Waals surface area contributed by atoms with Gasteiger partial charge in [0.2, 0.25) is 0 Å². The molecular formula is C14H18FNO3. The first-order chi connectivity index (χ1) is 9.06. The largest absolute Gasteiger partial charge is 0.479 e. The van der Waals surface area contributed by atoms with Crippen molar-refractivity contribution < 1.29 is 19.0 Å². The van der Waals surface area contributed by atoms with Crippen molar-refractivity contribution in [3.63, 3.8) is 0 Å². The Morgan fingerprint density at radius 2 is 1.95 bits per heavy atom. The van der Waals surface area contributed by atoms with Crippen LogP contribution in [-0.4, -0.2) is 23.1 Å². The Morgan fingerprint density at radius 1 is 1.37 bits per heavy atom. The Hall–Kier alpha value is -1.91. The fourth-order valence-corrected chi connectivity index (χ4v) is 1.81. The quantitative estimate of drug-likeness (QED) is 0.895. The molecule has 0 spiro atoms. The first kappa shape index (κ1) is 15.1. The van der Waals surface area contributed by atoms with Crippen LogP contribution in [0.25, 0.3) is 0 Å². The third-order valence-corrected chi connectivity index (χ3v) is 2.62. The summed E-state index contributed by atoms with van der Waals surface area (Å²) in [4.78, 5) is 15.1. The molecule has 1 heterocycles. The van der Waals surface area contributed by atoms with Gasteiger partial charge >= 0.3 is 5.97 Å². The molecule has 0 aromatic heterocycles. The average molecular weight is 267 g/mol. The molecule has 104 valence electrons. The molecule has 0 bridgehead atoms. The van der Waals surface area contributed by atoms with Crippen LogP contribution in [0, 0.1) is 5.82 Å². The fraction of sp³-hybridized carbons (Fsp3) is 0.429. The molecule has 1 aliphatic rings. The highest BCUT2D eigenvalue weighted by atomic mass is 19.1. The molecule has 1 aromatic rings. The van der Waals surface area contributed by atoms with Gasteiger partial charge in [-0.05, 0) is 17.7 Å². The van der Waals surface area contributed by atoms with Crippen molar-refractivity contribution in [3.8, 4) is 0 Å². The van der Waals surface area contributed by atoms with E-state index in [2.05, 4.69) is 4.99 Å². The molecule has 19 heavy (non-hydrogen) atoms. The predicted molar refractivity (Wildman–Crippen MR) is 70.7 cm³/mol. The van der Waals surface area contributed by atoms with Crippen molar-refractivity contribution in [3.05, 3.63) is 35.6 Å². The number of hydrogen-bond donors (Lipinski definition) is 1. The van der Waals surface area contributed by atoms with E-state index in [0.717, 1.165) is 5.56 Å². The molecule has 0 aliphatic carbocycles. The van der Waals surface area contributed by atoms with Gasteiger partial charge in [0.1, 0.15) is 5.82 Å². The summed E-state index contributed by atoms with van der Waals surface area (Å²) in [6.07, 6.45) is -0.624. The van der Waals surface area contributed by atoms with E-state index in [1.165, 1.54) is 12.1 Å². The minimum Gasteiger partial charge on any atom is -0.479 e. The van der Waals surface area contributed by atoms with Crippen LogP contribution in [-0.2, 0) is 9.53 Å². The minimum absolute atomic E-state index is 0.262. The molecule has 1 aromatic carbocycles. The van der Waals surface area contributed by atoms with Gasteiger partial charge in [-0.1, -0.05) is 26.0 Å². The number of aliphatic imine (C=N–C) groups is 1. The summed E-state index contributed by atoms with van der Waals surface area (Å²) < 4.78 is 17.9. The van der Waals surface area contributed by atoms with Gasteiger partial charge in [-0.3, -0.25) is 0 Å². The lowest BCUT2D eigenvalue weighted by Crippen LogP contribution is -2.31. The van der Waals surface area contributed by atoms with E-state index in [1.807, 2.05) is 13.8 Å². The molecule has 1 N–H and O–H groups in total. The Bertz CT molecular complexity index is 456. The van der Waals surface area contributed by atoms with Crippen molar-refractivity contribution in [2.75, 3.05) is 0 Å². The highest BCUT2D eigenvalue weighted by molar-refractivity contribution is 5.81. The van der Waals surface area contributed by atoms with Crippen LogP contribution < -0.4 is 0 Å². The molecule has 4 nitrogen and oxygen atoms in total. The summed E-state index contributed by atoms with van der Waals surface area (Å²) in [5.74, 6) is -0.986. The summed E-state index contributed by atoms with van der Waals surface area (Å²) in [7, 11) is 0. The maximum Gasteiger partial charge on any atom is 0.345 e. The topological polar surface area (TPSA) is 58.9 Å². The molecule has 0 fully saturated rings. The van der Waals surface area contributed by atoms with E-state index in [1.54, 1.807) is 19.1 Å². The van der Waals surface area contributed by atoms with Gasteiger partial charge in [0, 0.05) is 13.3 Å². The molecule has 0 radical (unpaired) electrons. The molecule has 0 amide bonds. The highest BCUT2D eigenvalue weighted by Crippen LogP contribution is 2.28. The maximum absolute atomic E-state index is 12.8. The standard InChI is InChI=1S/C12H12FNO3.C2H6/c1-7-14-10(6-11(17-7)12(15)16)8-2-4-9(13)5-3-8;1-2/h2-5,10-11H,6H2,1H3,(H,15,16);1-2H3. The Kier molecular flexibility index (Phi) is 5.48. The minimum atomic E-state index is -1.01. The molecule has 0 saturated heterocycles. The lowest BCUT2D eigenvalue weighted by Gasteiger charge is -2.25. The van der Waals surface area contributed by atoms with E-state index in [0.29, 0.717) is 5.90 Å². The van der Waals surface area contributed by atoms with Crippen molar-refractivity contribution in [2.45, 2.75) is 39.3 Å². The van der Waals surface area contributed by atoms with Crippen LogP contribution in [0.5, 0.6) is 0 Å². The SMILES string of the molecule is CC.CC1=NC(c2ccc(F)cc2)CC(C(=O)O)O1. The second-order valence-corrected chi connectivity index (χ2v) is 3.90. The highest BCUT2D eigenvalue weighted by Gasteiger charge is 2.29. The number of aliphatic carboxylic acids is 1. The van der Waals surface area contributed by atoms with Crippen LogP contribution in [0.15, 0.2) is 29.3 Å². The van der Waals surface area contributed by atoms with E-state index in [4.69, 9.17) is 9.84 Å². The number of nitrogens with zero attached hydrogens (tertiary/aromatic N) is 1. The van der Waals surface area contributed by atoms with Crippen LogP contribution in [0.3, 0.4) is 0 Å². The number of rotatable bonds is 2. The van der Waals surface area contributed by atoms with E-state index in [9.17, 15) is 9.18 Å². The van der Waals surface area contributed by atoms with E-state index in [-0.39, 0.29) is 18.3 Å². The smallest absolute Gasteiger partial charge is 0.345 e. The number of halogens is 1. The molecule has 0 saturated carbocycles. The van der Waals surface area contributed by atoms with Crippen molar-refractivity contribution in [2.24, 2.45) is 4.99 Å². The Morgan fingerprint density at radius 3 is 2.47 bits per heavy atom. The number of carboxylic acids is 1. The molecule has 2 unspecified atom stereocenters. The van der Waals surface area contributed by atoms with Gasteiger partial charge in [-0.2, -0.15) is 0 Å². The summed E-state index contributed by atoms with van der Waals surface area (Å²) in [6.45, 7) is 5.62. The first-order valence-corrected chi connectivity index (χ1v) is 6.25. The van der Waals surface area contributed by atoms with Crippen molar-refractivity contribution >= 4 is 11.9 Å². The van der Waals surface area contributed by atoms with Crippen LogP contribution in [0.2, 0.25) is 0 Å². The Balaban J connectivity index is 0.000000861. The molecule has 1 aliphatic heterocycles. The summed E-state index contributed by atoms with van der Waals surface area (Å²) >= 11 is 0. The molecule has 5 heteroatoms. The normalized spacial score (nSPS) is 21.6. The van der Waals surface area contributed by atoms with Gasteiger partial charge in [-0.15, -0.1) is 0 Å². The van der Waals surface area contributed by atoms with Gasteiger partial charge in [0.05, 0.1) is 6.04 Å². The average Bonchev–Trinajstić information content (AvgIpc) is 2.41. The number of carbonyl (C=O) groups is 1. The number of carboxylic acid groups (broad SMARTS) is 1. The van der Waals surface area contributed by atoms with E-state index >= 15 is 0 Å². The first-order valence-electron chi connectivity index (χ1n) is 6.25. The predicted octanol–water partition coefficient (Wildman–Crippen LogP) is 3.18. The third-order valence-electron chi connectivity index (χ3n) is 2.62.